The number of isocyanates is 1. The van der Waals surface area contributed by atoms with Crippen LogP contribution in [-0.4, -0.2) is 6.08 Å². The van der Waals surface area contributed by atoms with Crippen molar-refractivity contribution in [1.82, 2.24) is 0 Å². The van der Waals surface area contributed by atoms with Crippen LogP contribution < -0.4 is 0 Å². The smallest absolute Gasteiger partial charge is 0.211 e. The van der Waals surface area contributed by atoms with Gasteiger partial charge < -0.3 is 0 Å². The van der Waals surface area contributed by atoms with Gasteiger partial charge in [-0.3, -0.25) is 0 Å². The lowest BCUT2D eigenvalue weighted by Crippen LogP contribution is -2.32. The number of carbonyl (C=O) groups excluding carboxylic acids is 1. The maximum Gasteiger partial charge on any atom is 0.235 e. The fourth-order valence-electron chi connectivity index (χ4n) is 3.72. The van der Waals surface area contributed by atoms with E-state index in [1.165, 1.54) is 5.56 Å². The highest BCUT2D eigenvalue weighted by molar-refractivity contribution is 5.40. The van der Waals surface area contributed by atoms with E-state index in [-0.39, 0.29) is 11.0 Å². The third-order valence-electron chi connectivity index (χ3n) is 4.62. The largest absolute Gasteiger partial charge is 0.235 e. The number of hydrogen-bond acceptors (Lipinski definition) is 2. The first-order valence-electron chi connectivity index (χ1n) is 7.89. The molecule has 0 N–H and O–H groups in total. The van der Waals surface area contributed by atoms with Crippen molar-refractivity contribution in [1.29, 1.82) is 0 Å². The molecular weight excluding hydrogens is 258 g/mol. The minimum absolute atomic E-state index is 0.150. The second-order valence-corrected chi connectivity index (χ2v) is 8.29. The van der Waals surface area contributed by atoms with E-state index < -0.39 is 0 Å². The maximum atomic E-state index is 10.7. The van der Waals surface area contributed by atoms with Crippen LogP contribution in [0.1, 0.15) is 71.4 Å². The lowest BCUT2D eigenvalue weighted by atomic mass is 9.70. The fraction of sp³-hybridized carbons (Fsp3) is 0.632. The first kappa shape index (κ1) is 16.0. The van der Waals surface area contributed by atoms with Gasteiger partial charge in [0, 0.05) is 0 Å². The van der Waals surface area contributed by atoms with Crippen molar-refractivity contribution in [3.8, 4) is 0 Å². The first-order valence-corrected chi connectivity index (χ1v) is 7.89. The van der Waals surface area contributed by atoms with Crippen molar-refractivity contribution < 1.29 is 4.79 Å². The molecule has 0 aromatic heterocycles. The Kier molecular flexibility index (Phi) is 4.13. The molecule has 0 spiro atoms. The van der Waals surface area contributed by atoms with Crippen LogP contribution in [0, 0.1) is 5.41 Å². The highest BCUT2D eigenvalue weighted by Crippen LogP contribution is 2.45. The molecule has 2 nitrogen and oxygen atoms in total. The molecule has 0 atom stereocenters. The van der Waals surface area contributed by atoms with Crippen LogP contribution in [0.4, 0.5) is 0 Å². The second-order valence-electron chi connectivity index (χ2n) is 8.29. The van der Waals surface area contributed by atoms with Gasteiger partial charge in [0.2, 0.25) is 6.08 Å². The average Bonchev–Trinajstić information content (AvgIpc) is 2.31. The van der Waals surface area contributed by atoms with Gasteiger partial charge in [-0.05, 0) is 47.6 Å². The van der Waals surface area contributed by atoms with Gasteiger partial charge >= 0.3 is 0 Å². The normalized spacial score (nSPS) is 17.8. The molecule has 1 aliphatic carbocycles. The van der Waals surface area contributed by atoms with E-state index in [1.807, 2.05) is 0 Å². The molecule has 0 aliphatic heterocycles. The van der Waals surface area contributed by atoms with Crippen molar-refractivity contribution in [3.63, 3.8) is 0 Å². The zero-order valence-electron chi connectivity index (χ0n) is 14.0. The molecule has 21 heavy (non-hydrogen) atoms. The van der Waals surface area contributed by atoms with Gasteiger partial charge in [0.15, 0.2) is 0 Å². The Morgan fingerprint density at radius 2 is 1.67 bits per heavy atom. The Bertz CT molecular complexity index is 538. The quantitative estimate of drug-likeness (QED) is 0.558. The SMILES string of the molecule is CC(C)(C)CC(C)(C)c1ccc(C2(N=C=O)CCC2)cc1. The zero-order chi connectivity index (χ0) is 15.7. The molecule has 1 fully saturated rings. The summed E-state index contributed by atoms with van der Waals surface area (Å²) in [6.07, 6.45) is 5.97. The lowest BCUT2D eigenvalue weighted by Gasteiger charge is -2.38. The van der Waals surface area contributed by atoms with Gasteiger partial charge in [-0.25, -0.2) is 4.79 Å². The Morgan fingerprint density at radius 1 is 1.10 bits per heavy atom. The maximum absolute atomic E-state index is 10.7. The van der Waals surface area contributed by atoms with Crippen LogP contribution in [0.2, 0.25) is 0 Å². The van der Waals surface area contributed by atoms with Crippen molar-refractivity contribution >= 4 is 6.08 Å². The third kappa shape index (κ3) is 3.44. The Labute approximate surface area is 128 Å². The fourth-order valence-corrected chi connectivity index (χ4v) is 3.72. The van der Waals surface area contributed by atoms with E-state index >= 15 is 0 Å². The van der Waals surface area contributed by atoms with E-state index in [2.05, 4.69) is 63.9 Å². The molecule has 0 heterocycles. The molecule has 0 unspecified atom stereocenters. The molecule has 1 aromatic rings. The monoisotopic (exact) mass is 285 g/mol. The van der Waals surface area contributed by atoms with E-state index in [0.29, 0.717) is 5.41 Å². The number of benzene rings is 1. The molecule has 2 heteroatoms. The van der Waals surface area contributed by atoms with Gasteiger partial charge in [0.25, 0.3) is 0 Å². The molecule has 0 bridgehead atoms. The number of hydrogen-bond donors (Lipinski definition) is 0. The molecule has 0 saturated heterocycles. The summed E-state index contributed by atoms with van der Waals surface area (Å²) in [5, 5.41) is 0. The van der Waals surface area contributed by atoms with Crippen LogP contribution in [0.15, 0.2) is 29.3 Å². The van der Waals surface area contributed by atoms with Crippen molar-refractivity contribution in [2.45, 2.75) is 71.3 Å². The standard InChI is InChI=1S/C19H27NO/c1-17(2,3)13-18(4,5)15-7-9-16(10-8-15)19(20-14-21)11-6-12-19/h7-10H,6,11-13H2,1-5H3. The van der Waals surface area contributed by atoms with E-state index in [0.717, 1.165) is 31.2 Å². The average molecular weight is 285 g/mol. The Hall–Kier alpha value is -1.40. The highest BCUT2D eigenvalue weighted by atomic mass is 16.1. The van der Waals surface area contributed by atoms with Gasteiger partial charge in [-0.1, -0.05) is 58.9 Å². The van der Waals surface area contributed by atoms with Crippen LogP contribution in [0.25, 0.3) is 0 Å². The van der Waals surface area contributed by atoms with Crippen molar-refractivity contribution in [2.24, 2.45) is 10.4 Å². The van der Waals surface area contributed by atoms with Crippen molar-refractivity contribution in [2.75, 3.05) is 0 Å². The second kappa shape index (κ2) is 5.42. The first-order chi connectivity index (χ1) is 9.69. The zero-order valence-corrected chi connectivity index (χ0v) is 14.0. The van der Waals surface area contributed by atoms with Gasteiger partial charge in [-0.15, -0.1) is 0 Å². The van der Waals surface area contributed by atoms with E-state index in [1.54, 1.807) is 6.08 Å². The predicted molar refractivity (Wildman–Crippen MR) is 87.2 cm³/mol. The topological polar surface area (TPSA) is 29.4 Å². The van der Waals surface area contributed by atoms with Crippen LogP contribution >= 0.6 is 0 Å². The predicted octanol–water partition coefficient (Wildman–Crippen LogP) is 5.12. The minimum atomic E-state index is -0.283. The summed E-state index contributed by atoms with van der Waals surface area (Å²) < 4.78 is 0. The van der Waals surface area contributed by atoms with Crippen molar-refractivity contribution in [3.05, 3.63) is 35.4 Å². The van der Waals surface area contributed by atoms with Crippen LogP contribution in [-0.2, 0) is 15.7 Å². The summed E-state index contributed by atoms with van der Waals surface area (Å²) in [6.45, 7) is 11.5. The molecule has 114 valence electrons. The highest BCUT2D eigenvalue weighted by Gasteiger charge is 2.39. The van der Waals surface area contributed by atoms with Gasteiger partial charge in [0.05, 0.1) is 5.54 Å². The molecule has 1 saturated carbocycles. The van der Waals surface area contributed by atoms with Gasteiger partial charge in [0.1, 0.15) is 0 Å². The number of aliphatic imine (C=N–C) groups is 1. The number of nitrogens with zero attached hydrogens (tertiary/aromatic N) is 1. The lowest BCUT2D eigenvalue weighted by molar-refractivity contribution is 0.255. The van der Waals surface area contributed by atoms with Crippen LogP contribution in [0.5, 0.6) is 0 Å². The molecule has 1 aliphatic rings. The van der Waals surface area contributed by atoms with E-state index in [4.69, 9.17) is 0 Å². The summed E-state index contributed by atoms with van der Waals surface area (Å²) in [4.78, 5) is 14.8. The molecular formula is C19H27NO. The molecule has 0 radical (unpaired) electrons. The summed E-state index contributed by atoms with van der Waals surface area (Å²) in [5.74, 6) is 0. The molecule has 2 rings (SSSR count). The molecule has 0 amide bonds. The minimum Gasteiger partial charge on any atom is -0.211 e. The summed E-state index contributed by atoms with van der Waals surface area (Å²) >= 11 is 0. The Morgan fingerprint density at radius 3 is 2.05 bits per heavy atom. The summed E-state index contributed by atoms with van der Waals surface area (Å²) in [7, 11) is 0. The summed E-state index contributed by atoms with van der Waals surface area (Å²) in [5.41, 5.74) is 2.68. The van der Waals surface area contributed by atoms with E-state index in [9.17, 15) is 4.79 Å². The third-order valence-corrected chi connectivity index (χ3v) is 4.62. The summed E-state index contributed by atoms with van der Waals surface area (Å²) in [6, 6.07) is 8.72. The number of rotatable bonds is 4. The van der Waals surface area contributed by atoms with Gasteiger partial charge in [-0.2, -0.15) is 4.99 Å². The van der Waals surface area contributed by atoms with Crippen LogP contribution in [0.3, 0.4) is 0 Å². The molecule has 1 aromatic carbocycles. The Balaban J connectivity index is 2.25.